The Kier molecular flexibility index (Phi) is 1.61. The van der Waals surface area contributed by atoms with Crippen molar-refractivity contribution in [2.24, 2.45) is 0 Å². The number of morpholine rings is 1. The number of nitrogens with zero attached hydrogens (tertiary/aromatic N) is 2. The molecule has 0 aromatic carbocycles. The third-order valence-corrected chi connectivity index (χ3v) is 2.91. The molecular formula is C9H11N3O2. The average Bonchev–Trinajstić information content (AvgIpc) is 2.93. The number of rotatable bonds is 1. The molecule has 2 unspecified atom stereocenters. The molecule has 2 bridgehead atoms. The summed E-state index contributed by atoms with van der Waals surface area (Å²) >= 11 is 0. The Morgan fingerprint density at radius 2 is 2.64 bits per heavy atom. The predicted molar refractivity (Wildman–Crippen MR) is 47.8 cm³/mol. The van der Waals surface area contributed by atoms with Gasteiger partial charge in [-0.15, -0.1) is 0 Å². The second-order valence-corrected chi connectivity index (χ2v) is 3.79. The summed E-state index contributed by atoms with van der Waals surface area (Å²) < 4.78 is 5.43. The highest BCUT2D eigenvalue weighted by Gasteiger charge is 2.41. The standard InChI is InChI=1S/C9H11N3O2/c13-9(6-2-10-11-3-6)12-4-8-1-7(12)5-14-8/h2-3,7-8H,1,4-5H2,(H,10,11). The van der Waals surface area contributed by atoms with Crippen LogP contribution in [0, 0.1) is 0 Å². The number of ether oxygens (including phenoxy) is 1. The molecule has 0 radical (unpaired) electrons. The molecule has 2 saturated heterocycles. The molecule has 1 N–H and O–H groups in total. The highest BCUT2D eigenvalue weighted by molar-refractivity contribution is 5.94. The van der Waals surface area contributed by atoms with E-state index in [1.165, 1.54) is 0 Å². The van der Waals surface area contributed by atoms with Crippen molar-refractivity contribution in [1.82, 2.24) is 15.1 Å². The van der Waals surface area contributed by atoms with E-state index in [9.17, 15) is 4.79 Å². The van der Waals surface area contributed by atoms with Crippen molar-refractivity contribution >= 4 is 5.91 Å². The normalized spacial score (nSPS) is 29.9. The summed E-state index contributed by atoms with van der Waals surface area (Å²) in [5.74, 6) is 0.0644. The van der Waals surface area contributed by atoms with Gasteiger partial charge in [0.25, 0.3) is 5.91 Å². The van der Waals surface area contributed by atoms with E-state index in [2.05, 4.69) is 10.2 Å². The van der Waals surface area contributed by atoms with E-state index < -0.39 is 0 Å². The topological polar surface area (TPSA) is 58.2 Å². The lowest BCUT2D eigenvalue weighted by Gasteiger charge is -2.26. The molecule has 74 valence electrons. The fourth-order valence-corrected chi connectivity index (χ4v) is 2.18. The molecule has 5 heteroatoms. The van der Waals surface area contributed by atoms with Crippen LogP contribution in [-0.4, -0.2) is 46.3 Å². The number of carbonyl (C=O) groups excluding carboxylic acids is 1. The molecule has 2 atom stereocenters. The minimum absolute atomic E-state index is 0.0644. The van der Waals surface area contributed by atoms with Gasteiger partial charge in [-0.25, -0.2) is 0 Å². The molecule has 1 aromatic heterocycles. The largest absolute Gasteiger partial charge is 0.374 e. The Bertz CT molecular complexity index is 349. The van der Waals surface area contributed by atoms with Crippen LogP contribution in [0.5, 0.6) is 0 Å². The molecule has 3 heterocycles. The van der Waals surface area contributed by atoms with Crippen LogP contribution >= 0.6 is 0 Å². The first kappa shape index (κ1) is 7.99. The third-order valence-electron chi connectivity index (χ3n) is 2.91. The first-order valence-electron chi connectivity index (χ1n) is 4.76. The van der Waals surface area contributed by atoms with Gasteiger partial charge < -0.3 is 9.64 Å². The van der Waals surface area contributed by atoms with Crippen LogP contribution in [0.1, 0.15) is 16.8 Å². The van der Waals surface area contributed by atoms with E-state index in [1.807, 2.05) is 4.90 Å². The van der Waals surface area contributed by atoms with E-state index >= 15 is 0 Å². The van der Waals surface area contributed by atoms with Crippen molar-refractivity contribution in [2.75, 3.05) is 13.2 Å². The zero-order valence-electron chi connectivity index (χ0n) is 7.64. The molecular weight excluding hydrogens is 182 g/mol. The summed E-state index contributed by atoms with van der Waals surface area (Å²) in [4.78, 5) is 13.8. The number of likely N-dealkylation sites (tertiary alicyclic amines) is 1. The SMILES string of the molecule is O=C(c1cn[nH]c1)N1CC2CC1CO2. The van der Waals surface area contributed by atoms with Crippen molar-refractivity contribution in [2.45, 2.75) is 18.6 Å². The van der Waals surface area contributed by atoms with E-state index in [0.717, 1.165) is 13.0 Å². The maximum atomic E-state index is 11.9. The lowest BCUT2D eigenvalue weighted by atomic mass is 10.2. The van der Waals surface area contributed by atoms with Crippen molar-refractivity contribution in [3.8, 4) is 0 Å². The fourth-order valence-electron chi connectivity index (χ4n) is 2.18. The second kappa shape index (κ2) is 2.81. The number of amides is 1. The van der Waals surface area contributed by atoms with Gasteiger partial charge in [-0.3, -0.25) is 9.89 Å². The number of aromatic nitrogens is 2. The van der Waals surface area contributed by atoms with Crippen molar-refractivity contribution in [1.29, 1.82) is 0 Å². The highest BCUT2D eigenvalue weighted by atomic mass is 16.5. The van der Waals surface area contributed by atoms with Crippen molar-refractivity contribution in [3.05, 3.63) is 18.0 Å². The lowest BCUT2D eigenvalue weighted by molar-refractivity contribution is 0.0259. The zero-order valence-corrected chi connectivity index (χ0v) is 7.64. The van der Waals surface area contributed by atoms with Crippen molar-refractivity contribution < 1.29 is 9.53 Å². The summed E-state index contributed by atoms with van der Waals surface area (Å²) in [6.45, 7) is 1.42. The number of aromatic amines is 1. The monoisotopic (exact) mass is 193 g/mol. The number of carbonyl (C=O) groups is 1. The summed E-state index contributed by atoms with van der Waals surface area (Å²) in [5.41, 5.74) is 0.637. The average molecular weight is 193 g/mol. The molecule has 14 heavy (non-hydrogen) atoms. The van der Waals surface area contributed by atoms with Gasteiger partial charge in [-0.05, 0) is 6.42 Å². The second-order valence-electron chi connectivity index (χ2n) is 3.79. The Morgan fingerprint density at radius 1 is 1.71 bits per heavy atom. The summed E-state index contributed by atoms with van der Waals surface area (Å²) in [5, 5.41) is 6.42. The van der Waals surface area contributed by atoms with E-state index in [0.29, 0.717) is 12.2 Å². The number of hydrogen-bond acceptors (Lipinski definition) is 3. The maximum absolute atomic E-state index is 11.9. The molecule has 2 aliphatic heterocycles. The van der Waals surface area contributed by atoms with Gasteiger partial charge in [-0.2, -0.15) is 5.10 Å². The number of H-pyrrole nitrogens is 1. The van der Waals surface area contributed by atoms with Crippen LogP contribution in [0.4, 0.5) is 0 Å². The smallest absolute Gasteiger partial charge is 0.257 e. The quantitative estimate of drug-likeness (QED) is 0.684. The Morgan fingerprint density at radius 3 is 3.21 bits per heavy atom. The highest BCUT2D eigenvalue weighted by Crippen LogP contribution is 2.28. The first-order chi connectivity index (χ1) is 6.84. The molecule has 2 aliphatic rings. The summed E-state index contributed by atoms with van der Waals surface area (Å²) in [7, 11) is 0. The third kappa shape index (κ3) is 1.05. The Labute approximate surface area is 81.0 Å². The van der Waals surface area contributed by atoms with Crippen LogP contribution in [0.3, 0.4) is 0 Å². The Balaban J connectivity index is 1.81. The minimum atomic E-state index is 0.0644. The lowest BCUT2D eigenvalue weighted by Crippen LogP contribution is -2.41. The van der Waals surface area contributed by atoms with E-state index in [1.54, 1.807) is 12.4 Å². The number of fused-ring (bicyclic) bond motifs is 2. The van der Waals surface area contributed by atoms with Crippen LogP contribution in [0.2, 0.25) is 0 Å². The molecule has 0 spiro atoms. The Hall–Kier alpha value is -1.36. The fraction of sp³-hybridized carbons (Fsp3) is 0.556. The molecule has 1 amide bonds. The van der Waals surface area contributed by atoms with Gasteiger partial charge in [0.1, 0.15) is 0 Å². The number of nitrogens with one attached hydrogen (secondary N) is 1. The van der Waals surface area contributed by atoms with E-state index in [-0.39, 0.29) is 18.1 Å². The molecule has 0 saturated carbocycles. The number of hydrogen-bond donors (Lipinski definition) is 1. The van der Waals surface area contributed by atoms with Crippen LogP contribution in [-0.2, 0) is 4.74 Å². The van der Waals surface area contributed by atoms with Gasteiger partial charge in [0, 0.05) is 12.7 Å². The molecule has 1 aromatic rings. The minimum Gasteiger partial charge on any atom is -0.374 e. The van der Waals surface area contributed by atoms with Crippen LogP contribution < -0.4 is 0 Å². The summed E-state index contributed by atoms with van der Waals surface area (Å²) in [6.07, 6.45) is 4.45. The van der Waals surface area contributed by atoms with Gasteiger partial charge in [0.2, 0.25) is 0 Å². The van der Waals surface area contributed by atoms with Crippen LogP contribution in [0.15, 0.2) is 12.4 Å². The van der Waals surface area contributed by atoms with Gasteiger partial charge in [0.15, 0.2) is 0 Å². The molecule has 3 rings (SSSR count). The summed E-state index contributed by atoms with van der Waals surface area (Å²) in [6, 6.07) is 0.280. The molecule has 2 fully saturated rings. The van der Waals surface area contributed by atoms with E-state index in [4.69, 9.17) is 4.74 Å². The van der Waals surface area contributed by atoms with Gasteiger partial charge in [-0.1, -0.05) is 0 Å². The zero-order chi connectivity index (χ0) is 9.54. The van der Waals surface area contributed by atoms with Gasteiger partial charge in [0.05, 0.1) is 30.5 Å². The maximum Gasteiger partial charge on any atom is 0.257 e. The predicted octanol–water partition coefficient (Wildman–Crippen LogP) is 0.0230. The molecule has 0 aliphatic carbocycles. The van der Waals surface area contributed by atoms with Crippen molar-refractivity contribution in [3.63, 3.8) is 0 Å². The van der Waals surface area contributed by atoms with Crippen LogP contribution in [0.25, 0.3) is 0 Å². The van der Waals surface area contributed by atoms with Gasteiger partial charge >= 0.3 is 0 Å². The first-order valence-corrected chi connectivity index (χ1v) is 4.76. The molecule has 5 nitrogen and oxygen atoms in total.